The van der Waals surface area contributed by atoms with Crippen molar-refractivity contribution in [1.29, 1.82) is 0 Å². The average Bonchev–Trinajstić information content (AvgIpc) is 3.03. The molecule has 0 saturated carbocycles. The third kappa shape index (κ3) is 3.50. The molecule has 0 spiro atoms. The van der Waals surface area contributed by atoms with Gasteiger partial charge in [0.25, 0.3) is 0 Å². The summed E-state index contributed by atoms with van der Waals surface area (Å²) in [6.45, 7) is 6.71. The standard InChI is InChI=1S/C16H21NO4S/c1-3-9-17(10-8-13(18)19)15-14(16(20)21-4-2)11-6-5-7-12(11)22-15/h3H,1,4-10H2,2H3,(H,18,19). The molecule has 22 heavy (non-hydrogen) atoms. The van der Waals surface area contributed by atoms with Gasteiger partial charge in [-0.15, -0.1) is 17.9 Å². The van der Waals surface area contributed by atoms with Crippen LogP contribution in [0, 0.1) is 0 Å². The number of rotatable bonds is 8. The fourth-order valence-electron chi connectivity index (χ4n) is 2.69. The van der Waals surface area contributed by atoms with Gasteiger partial charge in [-0.05, 0) is 31.7 Å². The second-order valence-electron chi connectivity index (χ2n) is 5.14. The molecule has 1 N–H and O–H groups in total. The molecule has 6 heteroatoms. The third-order valence-corrected chi connectivity index (χ3v) is 4.97. The van der Waals surface area contributed by atoms with Crippen LogP contribution in [0.5, 0.6) is 0 Å². The maximum absolute atomic E-state index is 12.3. The van der Waals surface area contributed by atoms with Crippen molar-refractivity contribution in [1.82, 2.24) is 0 Å². The van der Waals surface area contributed by atoms with E-state index in [4.69, 9.17) is 9.84 Å². The monoisotopic (exact) mass is 323 g/mol. The SMILES string of the molecule is C=CCN(CCC(=O)O)c1sc2c(c1C(=O)OCC)CCC2. The Bertz CT molecular complexity index is 579. The van der Waals surface area contributed by atoms with Crippen LogP contribution >= 0.6 is 11.3 Å². The first-order valence-corrected chi connectivity index (χ1v) is 8.29. The van der Waals surface area contributed by atoms with E-state index < -0.39 is 5.97 Å². The predicted octanol–water partition coefficient (Wildman–Crippen LogP) is 2.88. The number of hydrogen-bond donors (Lipinski definition) is 1. The number of ether oxygens (including phenoxy) is 1. The molecule has 5 nitrogen and oxygen atoms in total. The minimum Gasteiger partial charge on any atom is -0.481 e. The van der Waals surface area contributed by atoms with Gasteiger partial charge in [0.15, 0.2) is 0 Å². The van der Waals surface area contributed by atoms with Crippen LogP contribution in [0.2, 0.25) is 0 Å². The zero-order chi connectivity index (χ0) is 16.1. The molecule has 1 aromatic rings. The molecule has 0 radical (unpaired) electrons. The molecule has 0 saturated heterocycles. The highest BCUT2D eigenvalue weighted by atomic mass is 32.1. The molecule has 0 atom stereocenters. The van der Waals surface area contributed by atoms with E-state index in [1.54, 1.807) is 24.3 Å². The molecule has 1 heterocycles. The molecule has 2 rings (SSSR count). The van der Waals surface area contributed by atoms with Crippen LogP contribution in [0.4, 0.5) is 5.00 Å². The van der Waals surface area contributed by atoms with Crippen molar-refractivity contribution in [2.75, 3.05) is 24.6 Å². The number of fused-ring (bicyclic) bond motifs is 1. The normalized spacial score (nSPS) is 12.8. The van der Waals surface area contributed by atoms with Crippen molar-refractivity contribution in [3.63, 3.8) is 0 Å². The first kappa shape index (κ1) is 16.5. The van der Waals surface area contributed by atoms with Crippen LogP contribution < -0.4 is 4.90 Å². The van der Waals surface area contributed by atoms with E-state index in [1.165, 1.54) is 4.88 Å². The summed E-state index contributed by atoms with van der Waals surface area (Å²) in [7, 11) is 0. The van der Waals surface area contributed by atoms with Gasteiger partial charge in [0.05, 0.1) is 18.6 Å². The van der Waals surface area contributed by atoms with Crippen LogP contribution in [-0.2, 0) is 22.4 Å². The van der Waals surface area contributed by atoms with Gasteiger partial charge in [-0.1, -0.05) is 6.08 Å². The van der Waals surface area contributed by atoms with Crippen molar-refractivity contribution in [2.45, 2.75) is 32.6 Å². The van der Waals surface area contributed by atoms with E-state index in [0.717, 1.165) is 29.8 Å². The number of esters is 1. The van der Waals surface area contributed by atoms with Crippen LogP contribution in [0.15, 0.2) is 12.7 Å². The quantitative estimate of drug-likeness (QED) is 0.588. The number of carboxylic acids is 1. The minimum absolute atomic E-state index is 0.0265. The molecule has 0 aliphatic heterocycles. The topological polar surface area (TPSA) is 66.8 Å². The molecule has 0 amide bonds. The van der Waals surface area contributed by atoms with Crippen molar-refractivity contribution in [3.05, 3.63) is 28.7 Å². The maximum Gasteiger partial charge on any atom is 0.341 e. The predicted molar refractivity (Wildman–Crippen MR) is 87.0 cm³/mol. The Kier molecular flexibility index (Phi) is 5.60. The molecule has 1 aromatic heterocycles. The molecular formula is C16H21NO4S. The molecule has 0 bridgehead atoms. The number of thiophene rings is 1. The van der Waals surface area contributed by atoms with Gasteiger partial charge < -0.3 is 14.7 Å². The first-order valence-electron chi connectivity index (χ1n) is 7.47. The van der Waals surface area contributed by atoms with E-state index >= 15 is 0 Å². The largest absolute Gasteiger partial charge is 0.481 e. The zero-order valence-corrected chi connectivity index (χ0v) is 13.6. The molecule has 0 aromatic carbocycles. The molecule has 0 fully saturated rings. The fraction of sp³-hybridized carbons (Fsp3) is 0.500. The van der Waals surface area contributed by atoms with Gasteiger partial charge in [-0.2, -0.15) is 0 Å². The van der Waals surface area contributed by atoms with Gasteiger partial charge in [-0.25, -0.2) is 4.79 Å². The third-order valence-electron chi connectivity index (χ3n) is 3.61. The molecule has 120 valence electrons. The Morgan fingerprint density at radius 3 is 2.86 bits per heavy atom. The van der Waals surface area contributed by atoms with Gasteiger partial charge in [0, 0.05) is 18.0 Å². The Balaban J connectivity index is 2.36. The number of aryl methyl sites for hydroxylation is 1. The number of nitrogens with zero attached hydrogens (tertiary/aromatic N) is 1. The van der Waals surface area contributed by atoms with Gasteiger partial charge >= 0.3 is 11.9 Å². The highest BCUT2D eigenvalue weighted by molar-refractivity contribution is 7.16. The lowest BCUT2D eigenvalue weighted by Gasteiger charge is -2.22. The Labute approximate surface area is 134 Å². The number of carboxylic acid groups (broad SMARTS) is 1. The van der Waals surface area contributed by atoms with Crippen molar-refractivity contribution in [2.24, 2.45) is 0 Å². The summed E-state index contributed by atoms with van der Waals surface area (Å²) in [4.78, 5) is 26.3. The van der Waals surface area contributed by atoms with Crippen molar-refractivity contribution in [3.8, 4) is 0 Å². The summed E-state index contributed by atoms with van der Waals surface area (Å²) in [5, 5.41) is 9.74. The van der Waals surface area contributed by atoms with Crippen molar-refractivity contribution >= 4 is 28.3 Å². The smallest absolute Gasteiger partial charge is 0.341 e. The lowest BCUT2D eigenvalue weighted by Crippen LogP contribution is -2.27. The van der Waals surface area contributed by atoms with Crippen LogP contribution in [-0.4, -0.2) is 36.7 Å². The van der Waals surface area contributed by atoms with Crippen molar-refractivity contribution < 1.29 is 19.4 Å². The fourth-order valence-corrected chi connectivity index (χ4v) is 4.10. The highest BCUT2D eigenvalue weighted by Crippen LogP contribution is 2.41. The van der Waals surface area contributed by atoms with E-state index in [9.17, 15) is 9.59 Å². The Morgan fingerprint density at radius 2 is 2.23 bits per heavy atom. The number of anilines is 1. The van der Waals surface area contributed by atoms with E-state index in [2.05, 4.69) is 6.58 Å². The van der Waals surface area contributed by atoms with Gasteiger partial charge in [0.1, 0.15) is 5.00 Å². The Hall–Kier alpha value is -1.82. The highest BCUT2D eigenvalue weighted by Gasteiger charge is 2.29. The van der Waals surface area contributed by atoms with E-state index in [1.807, 2.05) is 4.90 Å². The lowest BCUT2D eigenvalue weighted by molar-refractivity contribution is -0.136. The van der Waals surface area contributed by atoms with Gasteiger partial charge in [-0.3, -0.25) is 4.79 Å². The molecule has 1 aliphatic carbocycles. The number of hydrogen-bond acceptors (Lipinski definition) is 5. The second-order valence-corrected chi connectivity index (χ2v) is 6.22. The number of aliphatic carboxylic acids is 1. The molecular weight excluding hydrogens is 302 g/mol. The maximum atomic E-state index is 12.3. The zero-order valence-electron chi connectivity index (χ0n) is 12.8. The summed E-state index contributed by atoms with van der Waals surface area (Å²) < 4.78 is 5.21. The summed E-state index contributed by atoms with van der Waals surface area (Å²) in [5.41, 5.74) is 1.72. The molecule has 1 aliphatic rings. The van der Waals surface area contributed by atoms with Crippen LogP contribution in [0.1, 0.15) is 40.6 Å². The van der Waals surface area contributed by atoms with Crippen LogP contribution in [0.25, 0.3) is 0 Å². The Morgan fingerprint density at radius 1 is 1.45 bits per heavy atom. The first-order chi connectivity index (χ1) is 10.6. The number of carbonyl (C=O) groups excluding carboxylic acids is 1. The summed E-state index contributed by atoms with van der Waals surface area (Å²) in [6, 6.07) is 0. The second kappa shape index (κ2) is 7.45. The summed E-state index contributed by atoms with van der Waals surface area (Å²) in [5.74, 6) is -1.16. The van der Waals surface area contributed by atoms with E-state index in [0.29, 0.717) is 25.3 Å². The van der Waals surface area contributed by atoms with E-state index in [-0.39, 0.29) is 12.4 Å². The minimum atomic E-state index is -0.851. The number of carbonyl (C=O) groups is 2. The van der Waals surface area contributed by atoms with Crippen LogP contribution in [0.3, 0.4) is 0 Å². The lowest BCUT2D eigenvalue weighted by atomic mass is 10.1. The summed E-state index contributed by atoms with van der Waals surface area (Å²) in [6.07, 6.45) is 4.68. The summed E-state index contributed by atoms with van der Waals surface area (Å²) >= 11 is 1.59. The van der Waals surface area contributed by atoms with Gasteiger partial charge in [0.2, 0.25) is 0 Å². The average molecular weight is 323 g/mol. The molecule has 0 unspecified atom stereocenters.